The van der Waals surface area contributed by atoms with Crippen LogP contribution < -0.4 is 5.32 Å². The number of ether oxygens (including phenoxy) is 1. The van der Waals surface area contributed by atoms with Crippen molar-refractivity contribution in [2.45, 2.75) is 290 Å². The molecule has 0 spiro atoms. The molecule has 0 aromatic rings. The zero-order valence-corrected chi connectivity index (χ0v) is 50.7. The molecule has 436 valence electrons. The average Bonchev–Trinajstić information content (AvgIpc) is 3.37. The van der Waals surface area contributed by atoms with E-state index in [4.69, 9.17) is 13.8 Å². The number of phosphoric ester groups is 1. The quantitative estimate of drug-likeness (QED) is 0.0156. The van der Waals surface area contributed by atoms with Crippen molar-refractivity contribution in [1.29, 1.82) is 0 Å². The Bertz CT molecular complexity index is 1510. The minimum Gasteiger partial charge on any atom is -0.456 e. The van der Waals surface area contributed by atoms with Gasteiger partial charge >= 0.3 is 13.8 Å². The first-order chi connectivity index (χ1) is 36.4. The lowest BCUT2D eigenvalue weighted by Gasteiger charge is -2.27. The number of hydrogen-bond acceptors (Lipinski definition) is 6. The van der Waals surface area contributed by atoms with E-state index in [0.29, 0.717) is 23.9 Å². The van der Waals surface area contributed by atoms with Gasteiger partial charge in [-0.3, -0.25) is 18.6 Å². The fourth-order valence-electron chi connectivity index (χ4n) is 8.85. The molecule has 0 rings (SSSR count). The largest absolute Gasteiger partial charge is 0.472 e. The van der Waals surface area contributed by atoms with Gasteiger partial charge in [0.1, 0.15) is 19.3 Å². The van der Waals surface area contributed by atoms with Crippen LogP contribution in [0.1, 0.15) is 278 Å². The average molecular weight is 1070 g/mol. The highest BCUT2D eigenvalue weighted by Gasteiger charge is 2.30. The van der Waals surface area contributed by atoms with E-state index in [1.807, 2.05) is 33.3 Å². The van der Waals surface area contributed by atoms with Crippen molar-refractivity contribution in [2.75, 3.05) is 40.9 Å². The summed E-state index contributed by atoms with van der Waals surface area (Å²) in [5.74, 6) is -0.526. The third-order valence-electron chi connectivity index (χ3n) is 13.7. The summed E-state index contributed by atoms with van der Waals surface area (Å²) >= 11 is 0. The standard InChI is InChI=1S/C65H119N2O7P/c1-7-10-13-16-19-22-25-28-29-30-31-32-33-34-35-36-37-40-42-45-48-51-54-57-64(68)66-62(61-73-75(70,71)72-60-59-67(4,5)6)63(56-53-50-47-44-41-38-26-23-20-17-14-11-8-2)74-65(69)58-55-52-49-46-43-39-27-24-21-18-15-12-9-3/h12,15,18-19,21-22,24,27-29,53,56,62-63H,7-11,13-14,16-17,20,23,25-26,30-52,54-55,57-61H2,1-6H3,(H-,66,68,70,71)/p+1/b15-12+,21-18+,22-19-,27-24-,29-28-,56-53-. The molecule has 1 amide bonds. The van der Waals surface area contributed by atoms with Crippen LogP contribution >= 0.6 is 7.82 Å². The second kappa shape index (κ2) is 54.8. The van der Waals surface area contributed by atoms with Gasteiger partial charge in [0, 0.05) is 12.8 Å². The van der Waals surface area contributed by atoms with Gasteiger partial charge in [-0.1, -0.05) is 255 Å². The lowest BCUT2D eigenvalue weighted by molar-refractivity contribution is -0.870. The van der Waals surface area contributed by atoms with E-state index in [-0.39, 0.29) is 31.5 Å². The van der Waals surface area contributed by atoms with Crippen molar-refractivity contribution in [2.24, 2.45) is 0 Å². The van der Waals surface area contributed by atoms with Crippen LogP contribution in [0.2, 0.25) is 0 Å². The van der Waals surface area contributed by atoms with Crippen molar-refractivity contribution in [3.63, 3.8) is 0 Å². The highest BCUT2D eigenvalue weighted by atomic mass is 31.2. The molecule has 0 fully saturated rings. The van der Waals surface area contributed by atoms with Gasteiger partial charge in [-0.2, -0.15) is 0 Å². The number of esters is 1. The van der Waals surface area contributed by atoms with Crippen LogP contribution in [0, 0.1) is 0 Å². The fourth-order valence-corrected chi connectivity index (χ4v) is 9.59. The van der Waals surface area contributed by atoms with Crippen LogP contribution in [0.15, 0.2) is 72.9 Å². The summed E-state index contributed by atoms with van der Waals surface area (Å²) in [4.78, 5) is 37.7. The number of carbonyl (C=O) groups is 2. The van der Waals surface area contributed by atoms with Crippen LogP contribution in [0.4, 0.5) is 0 Å². The number of likely N-dealkylation sites (N-methyl/N-ethyl adjacent to an activating group) is 1. The molecule has 75 heavy (non-hydrogen) atoms. The van der Waals surface area contributed by atoms with E-state index in [1.165, 1.54) is 154 Å². The van der Waals surface area contributed by atoms with Gasteiger partial charge in [-0.05, 0) is 83.1 Å². The van der Waals surface area contributed by atoms with Gasteiger partial charge < -0.3 is 19.4 Å². The second-order valence-electron chi connectivity index (χ2n) is 22.3. The Kier molecular flexibility index (Phi) is 52.9. The van der Waals surface area contributed by atoms with Crippen LogP contribution in [-0.2, 0) is 27.9 Å². The SMILES string of the molecule is CC/C=C/C=C/C=C\CCCCCCCC(=O)OC(/C=C\CCCCCCCCCCCCC)C(COP(=O)(O)OCC[N+](C)(C)C)NC(=O)CCCCCCCCCCCCCCC/C=C\C/C=C\CCCCC. The maximum absolute atomic E-state index is 13.6. The molecule has 0 aromatic heterocycles. The maximum Gasteiger partial charge on any atom is 0.472 e. The smallest absolute Gasteiger partial charge is 0.456 e. The van der Waals surface area contributed by atoms with Gasteiger partial charge in [0.05, 0.1) is 33.8 Å². The predicted molar refractivity (Wildman–Crippen MR) is 323 cm³/mol. The lowest BCUT2D eigenvalue weighted by atomic mass is 10.0. The predicted octanol–water partition coefficient (Wildman–Crippen LogP) is 19.2. The Morgan fingerprint density at radius 2 is 0.907 bits per heavy atom. The maximum atomic E-state index is 13.6. The molecule has 3 atom stereocenters. The molecular formula is C65H120N2O7P+. The summed E-state index contributed by atoms with van der Waals surface area (Å²) in [6.45, 7) is 6.85. The zero-order valence-electron chi connectivity index (χ0n) is 49.8. The Hall–Kier alpha value is -2.55. The summed E-state index contributed by atoms with van der Waals surface area (Å²) in [5, 5.41) is 3.05. The number of amides is 1. The Morgan fingerprint density at radius 1 is 0.493 bits per heavy atom. The molecule has 0 saturated carbocycles. The van der Waals surface area contributed by atoms with Crippen LogP contribution in [0.3, 0.4) is 0 Å². The first-order valence-corrected chi connectivity index (χ1v) is 32.8. The molecule has 9 nitrogen and oxygen atoms in total. The van der Waals surface area contributed by atoms with Gasteiger partial charge in [0.15, 0.2) is 0 Å². The minimum atomic E-state index is -4.45. The van der Waals surface area contributed by atoms with Gasteiger partial charge in [-0.15, -0.1) is 0 Å². The first-order valence-electron chi connectivity index (χ1n) is 31.3. The third-order valence-corrected chi connectivity index (χ3v) is 14.7. The molecule has 3 unspecified atom stereocenters. The monoisotopic (exact) mass is 1070 g/mol. The van der Waals surface area contributed by atoms with E-state index in [2.05, 4.69) is 86.8 Å². The number of nitrogens with zero attached hydrogens (tertiary/aromatic N) is 1. The molecule has 0 aliphatic heterocycles. The Morgan fingerprint density at radius 3 is 1.40 bits per heavy atom. The summed E-state index contributed by atoms with van der Waals surface area (Å²) in [7, 11) is 1.48. The summed E-state index contributed by atoms with van der Waals surface area (Å²) < 4.78 is 30.7. The molecule has 0 aliphatic rings. The number of phosphoric acid groups is 1. The van der Waals surface area contributed by atoms with Crippen molar-refractivity contribution in [3.05, 3.63) is 72.9 Å². The molecule has 0 bridgehead atoms. The number of rotatable bonds is 56. The van der Waals surface area contributed by atoms with Gasteiger partial charge in [0.25, 0.3) is 0 Å². The van der Waals surface area contributed by atoms with Gasteiger partial charge in [0.2, 0.25) is 5.91 Å². The minimum absolute atomic E-state index is 0.0348. The molecule has 0 heterocycles. The third kappa shape index (κ3) is 56.0. The normalized spacial score (nSPS) is 14.2. The molecule has 2 N–H and O–H groups in total. The van der Waals surface area contributed by atoms with Crippen LogP contribution in [0.5, 0.6) is 0 Å². The first kappa shape index (κ1) is 72.5. The number of carbonyl (C=O) groups excluding carboxylic acids is 2. The highest BCUT2D eigenvalue weighted by molar-refractivity contribution is 7.47. The topological polar surface area (TPSA) is 111 Å². The van der Waals surface area contributed by atoms with E-state index in [9.17, 15) is 19.0 Å². The second-order valence-corrected chi connectivity index (χ2v) is 23.7. The van der Waals surface area contributed by atoms with Crippen LogP contribution in [-0.4, -0.2) is 74.3 Å². The van der Waals surface area contributed by atoms with E-state index >= 15 is 0 Å². The lowest BCUT2D eigenvalue weighted by Crippen LogP contribution is -2.47. The Labute approximate surface area is 463 Å². The molecular weight excluding hydrogens is 952 g/mol. The number of hydrogen-bond donors (Lipinski definition) is 2. The van der Waals surface area contributed by atoms with E-state index < -0.39 is 20.0 Å². The summed E-state index contributed by atoms with van der Waals surface area (Å²) in [5.41, 5.74) is 0. The number of unbranched alkanes of at least 4 members (excludes halogenated alkanes) is 32. The van der Waals surface area contributed by atoms with E-state index in [0.717, 1.165) is 83.5 Å². The van der Waals surface area contributed by atoms with Crippen molar-refractivity contribution >= 4 is 19.7 Å². The molecule has 10 heteroatoms. The Balaban J connectivity index is 5.19. The van der Waals surface area contributed by atoms with Crippen molar-refractivity contribution < 1.29 is 37.3 Å². The molecule has 0 aromatic carbocycles. The fraction of sp³-hybridized carbons (Fsp3) is 0.785. The number of nitrogens with one attached hydrogen (secondary N) is 1. The summed E-state index contributed by atoms with van der Waals surface area (Å²) in [6, 6.07) is -0.859. The molecule has 0 radical (unpaired) electrons. The number of allylic oxidation sites excluding steroid dienone is 11. The molecule has 0 saturated heterocycles. The zero-order chi connectivity index (χ0) is 55.0. The van der Waals surface area contributed by atoms with Crippen molar-refractivity contribution in [3.8, 4) is 0 Å². The van der Waals surface area contributed by atoms with E-state index in [1.54, 1.807) is 0 Å². The molecule has 0 aliphatic carbocycles. The van der Waals surface area contributed by atoms with Crippen LogP contribution in [0.25, 0.3) is 0 Å². The highest BCUT2D eigenvalue weighted by Crippen LogP contribution is 2.43. The van der Waals surface area contributed by atoms with Gasteiger partial charge in [-0.25, -0.2) is 4.57 Å². The number of quaternary nitrogens is 1. The van der Waals surface area contributed by atoms with Crippen molar-refractivity contribution in [1.82, 2.24) is 5.32 Å². The summed E-state index contributed by atoms with van der Waals surface area (Å²) in [6.07, 6.45) is 70.4.